The Bertz CT molecular complexity index is 1290. The van der Waals surface area contributed by atoms with Gasteiger partial charge in [0.05, 0.1) is 18.3 Å². The first-order chi connectivity index (χ1) is 18.4. The van der Waals surface area contributed by atoms with E-state index in [1.165, 1.54) is 44.1 Å². The first kappa shape index (κ1) is 25.4. The molecule has 200 valence electrons. The summed E-state index contributed by atoms with van der Waals surface area (Å²) in [6.07, 6.45) is 11.6. The Morgan fingerprint density at radius 1 is 0.921 bits per heavy atom. The van der Waals surface area contributed by atoms with Crippen molar-refractivity contribution in [2.75, 3.05) is 6.61 Å². The monoisotopic (exact) mass is 512 g/mol. The molecule has 4 bridgehead atoms. The van der Waals surface area contributed by atoms with Crippen molar-refractivity contribution in [2.24, 2.45) is 17.8 Å². The van der Waals surface area contributed by atoms with E-state index in [4.69, 9.17) is 4.74 Å². The Labute approximate surface area is 226 Å². The maximum absolute atomic E-state index is 12.1. The number of carboxylic acids is 1. The van der Waals surface area contributed by atoms with Gasteiger partial charge < -0.3 is 14.9 Å². The molecule has 0 heterocycles. The zero-order chi connectivity index (χ0) is 26.3. The number of rotatable bonds is 10. The topological polar surface area (TPSA) is 66.8 Å². The normalized spacial score (nSPS) is 26.5. The highest BCUT2D eigenvalue weighted by Gasteiger charge is 2.51. The van der Waals surface area contributed by atoms with E-state index in [0.29, 0.717) is 17.7 Å². The summed E-state index contributed by atoms with van der Waals surface area (Å²) in [4.78, 5) is 12.1. The first-order valence-electron chi connectivity index (χ1n) is 14.6. The van der Waals surface area contributed by atoms with Crippen LogP contribution in [0.1, 0.15) is 87.1 Å². The lowest BCUT2D eigenvalue weighted by Crippen LogP contribution is -2.48. The molecular formula is C34H40O4. The molecule has 38 heavy (non-hydrogen) atoms. The van der Waals surface area contributed by atoms with Crippen LogP contribution in [0.15, 0.2) is 54.6 Å². The number of fused-ring (bicyclic) bond motifs is 1. The molecular weight excluding hydrogens is 472 g/mol. The molecule has 0 radical (unpaired) electrons. The Morgan fingerprint density at radius 2 is 1.61 bits per heavy atom. The number of hydrogen-bond donors (Lipinski definition) is 2. The molecule has 7 rings (SSSR count). The second kappa shape index (κ2) is 10.4. The van der Waals surface area contributed by atoms with Crippen molar-refractivity contribution in [1.82, 2.24) is 0 Å². The van der Waals surface area contributed by atoms with Gasteiger partial charge in [0.25, 0.3) is 0 Å². The highest BCUT2D eigenvalue weighted by atomic mass is 16.5. The minimum absolute atomic E-state index is 0.267. The van der Waals surface area contributed by atoms with Gasteiger partial charge in [-0.25, -0.2) is 4.79 Å². The number of carbonyl (C=O) groups is 1. The van der Waals surface area contributed by atoms with Gasteiger partial charge >= 0.3 is 5.97 Å². The molecule has 4 aliphatic rings. The second-order valence-electron chi connectivity index (χ2n) is 12.5. The summed E-state index contributed by atoms with van der Waals surface area (Å²) in [6.45, 7) is 2.41. The predicted octanol–water partition coefficient (Wildman–Crippen LogP) is 7.99. The molecule has 0 spiro atoms. The maximum Gasteiger partial charge on any atom is 0.336 e. The predicted molar refractivity (Wildman–Crippen MR) is 152 cm³/mol. The van der Waals surface area contributed by atoms with Crippen molar-refractivity contribution >= 4 is 16.7 Å². The number of hydrogen-bond acceptors (Lipinski definition) is 3. The van der Waals surface area contributed by atoms with Crippen LogP contribution >= 0.6 is 0 Å². The maximum atomic E-state index is 12.1. The molecule has 4 nitrogen and oxygen atoms in total. The summed E-state index contributed by atoms with van der Waals surface area (Å²) >= 11 is 0. The SMILES string of the molecule is CC(O)CCCCCOc1c(-c2ccccc2C(=O)O)ccc2ccc(C34CC5CC(CC(C5)C3)C4)cc12. The Balaban J connectivity index is 1.39. The van der Waals surface area contributed by atoms with Crippen LogP contribution in [-0.2, 0) is 5.41 Å². The van der Waals surface area contributed by atoms with Gasteiger partial charge in [0, 0.05) is 10.9 Å². The van der Waals surface area contributed by atoms with Gasteiger partial charge in [-0.15, -0.1) is 0 Å². The number of unbranched alkanes of at least 4 members (excludes halogenated alkanes) is 2. The van der Waals surface area contributed by atoms with Crippen LogP contribution in [0.25, 0.3) is 21.9 Å². The second-order valence-corrected chi connectivity index (χ2v) is 12.5. The van der Waals surface area contributed by atoms with Crippen molar-refractivity contribution in [2.45, 2.75) is 82.7 Å². The minimum Gasteiger partial charge on any atom is -0.492 e. The quantitative estimate of drug-likeness (QED) is 0.270. The van der Waals surface area contributed by atoms with Gasteiger partial charge in [-0.3, -0.25) is 0 Å². The van der Waals surface area contributed by atoms with E-state index in [2.05, 4.69) is 24.3 Å². The number of ether oxygens (including phenoxy) is 1. The summed E-state index contributed by atoms with van der Waals surface area (Å²) in [5, 5.41) is 21.7. The van der Waals surface area contributed by atoms with E-state index in [0.717, 1.165) is 65.5 Å². The zero-order valence-corrected chi connectivity index (χ0v) is 22.5. The van der Waals surface area contributed by atoms with Crippen LogP contribution in [-0.4, -0.2) is 28.9 Å². The Hall–Kier alpha value is -2.85. The Morgan fingerprint density at radius 3 is 2.29 bits per heavy atom. The zero-order valence-electron chi connectivity index (χ0n) is 22.5. The molecule has 3 aromatic carbocycles. The van der Waals surface area contributed by atoms with Crippen molar-refractivity contribution in [3.63, 3.8) is 0 Å². The number of carboxylic acid groups (broad SMARTS) is 1. The third-order valence-electron chi connectivity index (χ3n) is 9.58. The third-order valence-corrected chi connectivity index (χ3v) is 9.58. The average Bonchev–Trinajstić information content (AvgIpc) is 2.89. The van der Waals surface area contributed by atoms with Crippen LogP contribution in [0.2, 0.25) is 0 Å². The summed E-state index contributed by atoms with van der Waals surface area (Å²) in [6, 6.07) is 18.4. The fourth-order valence-electron chi connectivity index (χ4n) is 8.25. The van der Waals surface area contributed by atoms with Crippen LogP contribution in [0.3, 0.4) is 0 Å². The van der Waals surface area contributed by atoms with Gasteiger partial charge in [-0.05, 0) is 123 Å². The molecule has 4 aliphatic carbocycles. The fourth-order valence-corrected chi connectivity index (χ4v) is 8.25. The fraction of sp³-hybridized carbons (Fsp3) is 0.500. The van der Waals surface area contributed by atoms with E-state index in [1.807, 2.05) is 25.1 Å². The van der Waals surface area contributed by atoms with Crippen LogP contribution in [0.4, 0.5) is 0 Å². The molecule has 3 aromatic rings. The van der Waals surface area contributed by atoms with Gasteiger partial charge in [0.15, 0.2) is 0 Å². The largest absolute Gasteiger partial charge is 0.492 e. The molecule has 1 atom stereocenters. The van der Waals surface area contributed by atoms with E-state index < -0.39 is 5.97 Å². The van der Waals surface area contributed by atoms with Crippen LogP contribution < -0.4 is 4.74 Å². The number of aliphatic hydroxyl groups is 1. The summed E-state index contributed by atoms with van der Waals surface area (Å²) in [5.74, 6) is 2.51. The molecule has 0 amide bonds. The molecule has 1 unspecified atom stereocenters. The van der Waals surface area contributed by atoms with Gasteiger partial charge in [-0.2, -0.15) is 0 Å². The average molecular weight is 513 g/mol. The highest BCUT2D eigenvalue weighted by molar-refractivity contribution is 6.01. The highest BCUT2D eigenvalue weighted by Crippen LogP contribution is 2.61. The van der Waals surface area contributed by atoms with Gasteiger partial charge in [-0.1, -0.05) is 42.8 Å². The molecule has 4 fully saturated rings. The lowest BCUT2D eigenvalue weighted by molar-refractivity contribution is -0.00513. The van der Waals surface area contributed by atoms with E-state index >= 15 is 0 Å². The van der Waals surface area contributed by atoms with Crippen LogP contribution in [0.5, 0.6) is 5.75 Å². The van der Waals surface area contributed by atoms with Gasteiger partial charge in [0.2, 0.25) is 0 Å². The summed E-state index contributed by atoms with van der Waals surface area (Å²) in [7, 11) is 0. The van der Waals surface area contributed by atoms with E-state index in [-0.39, 0.29) is 11.5 Å². The smallest absolute Gasteiger partial charge is 0.336 e. The third kappa shape index (κ3) is 4.84. The standard InChI is InChI=1S/C34H40O4/c1-22(35)7-3-2-6-14-38-32-29(28-8-4-5-9-30(28)33(36)37)13-11-26-10-12-27(18-31(26)32)34-19-23-15-24(20-34)17-25(16-23)21-34/h4-5,8-13,18,22-25,35H,2-3,6-7,14-17,19-21H2,1H3,(H,36,37). The first-order valence-corrected chi connectivity index (χ1v) is 14.6. The van der Waals surface area contributed by atoms with E-state index in [9.17, 15) is 15.0 Å². The van der Waals surface area contributed by atoms with Crippen molar-refractivity contribution in [3.8, 4) is 16.9 Å². The number of benzene rings is 3. The molecule has 4 heteroatoms. The van der Waals surface area contributed by atoms with Gasteiger partial charge in [0.1, 0.15) is 5.75 Å². The Kier molecular flexibility index (Phi) is 6.94. The summed E-state index contributed by atoms with van der Waals surface area (Å²) in [5.41, 5.74) is 3.59. The molecule has 0 aliphatic heterocycles. The van der Waals surface area contributed by atoms with Crippen molar-refractivity contribution in [1.29, 1.82) is 0 Å². The van der Waals surface area contributed by atoms with Crippen molar-refractivity contribution < 1.29 is 19.7 Å². The molecule has 2 N–H and O–H groups in total. The summed E-state index contributed by atoms with van der Waals surface area (Å²) < 4.78 is 6.57. The van der Waals surface area contributed by atoms with Crippen molar-refractivity contribution in [3.05, 3.63) is 65.7 Å². The number of aliphatic hydroxyl groups excluding tert-OH is 1. The minimum atomic E-state index is -0.924. The lowest BCUT2D eigenvalue weighted by Gasteiger charge is -2.57. The van der Waals surface area contributed by atoms with E-state index in [1.54, 1.807) is 12.1 Å². The lowest BCUT2D eigenvalue weighted by atomic mass is 9.48. The molecule has 0 aromatic heterocycles. The number of aromatic carboxylic acids is 1. The van der Waals surface area contributed by atoms with Crippen LogP contribution in [0, 0.1) is 17.8 Å². The molecule has 0 saturated heterocycles. The molecule has 4 saturated carbocycles.